The number of rotatable bonds is 7. The highest BCUT2D eigenvalue weighted by molar-refractivity contribution is 5.81. The van der Waals surface area contributed by atoms with Gasteiger partial charge < -0.3 is 29.0 Å². The summed E-state index contributed by atoms with van der Waals surface area (Å²) in [6.07, 6.45) is -1.22. The second-order valence-corrected chi connectivity index (χ2v) is 8.70. The molecule has 1 saturated heterocycles. The monoisotopic (exact) mass is 431 g/mol. The molecule has 0 spiro atoms. The van der Waals surface area contributed by atoms with Gasteiger partial charge in [0, 0.05) is 6.61 Å². The summed E-state index contributed by atoms with van der Waals surface area (Å²) >= 11 is 0. The van der Waals surface area contributed by atoms with Gasteiger partial charge in [0.05, 0.1) is 19.1 Å². The van der Waals surface area contributed by atoms with Crippen molar-refractivity contribution in [1.29, 1.82) is 0 Å². The molecule has 0 aliphatic carbocycles. The molecule has 0 bridgehead atoms. The van der Waals surface area contributed by atoms with Crippen LogP contribution in [-0.4, -0.2) is 67.8 Å². The first-order chi connectivity index (χ1) is 13.9. The lowest BCUT2D eigenvalue weighted by atomic mass is 10.1. The molecule has 0 unspecified atom stereocenters. The molecule has 0 radical (unpaired) electrons. The zero-order valence-corrected chi connectivity index (χ0v) is 19.2. The largest absolute Gasteiger partial charge is 0.457 e. The van der Waals surface area contributed by atoms with E-state index in [9.17, 15) is 14.4 Å². The number of hydrogen-bond acceptors (Lipinski definition) is 8. The smallest absolute Gasteiger partial charge is 0.408 e. The van der Waals surface area contributed by atoms with E-state index in [2.05, 4.69) is 5.32 Å². The fraction of sp³-hybridized carbons (Fsp3) is 0.857. The first-order valence-electron chi connectivity index (χ1n) is 10.5. The minimum absolute atomic E-state index is 0.0766. The van der Waals surface area contributed by atoms with Crippen molar-refractivity contribution in [2.24, 2.45) is 5.92 Å². The minimum atomic E-state index is -1.06. The lowest BCUT2D eigenvalue weighted by Gasteiger charge is -2.30. The number of nitrogens with one attached hydrogen (secondary N) is 1. The van der Waals surface area contributed by atoms with E-state index in [4.69, 9.17) is 23.7 Å². The number of cyclic esters (lactones) is 1. The van der Waals surface area contributed by atoms with E-state index >= 15 is 0 Å². The average Bonchev–Trinajstić information content (AvgIpc) is 2.66. The van der Waals surface area contributed by atoms with Gasteiger partial charge in [-0.3, -0.25) is 4.79 Å². The maximum absolute atomic E-state index is 12.6. The molecule has 1 aliphatic rings. The van der Waals surface area contributed by atoms with Crippen LogP contribution >= 0.6 is 0 Å². The summed E-state index contributed by atoms with van der Waals surface area (Å²) in [4.78, 5) is 36.9. The Hall–Kier alpha value is -1.87. The normalized spacial score (nSPS) is 25.5. The minimum Gasteiger partial charge on any atom is -0.457 e. The second kappa shape index (κ2) is 12.1. The molecule has 0 saturated carbocycles. The average molecular weight is 432 g/mol. The third-order valence-corrected chi connectivity index (χ3v) is 4.23. The third kappa shape index (κ3) is 9.30. The van der Waals surface area contributed by atoms with Crippen molar-refractivity contribution in [3.8, 4) is 0 Å². The van der Waals surface area contributed by atoms with Gasteiger partial charge in [-0.2, -0.15) is 0 Å². The topological polar surface area (TPSA) is 109 Å². The Morgan fingerprint density at radius 3 is 2.47 bits per heavy atom. The van der Waals surface area contributed by atoms with Gasteiger partial charge in [0.2, 0.25) is 0 Å². The molecule has 1 aliphatic heterocycles. The summed E-state index contributed by atoms with van der Waals surface area (Å²) in [5, 5.41) is 2.47. The lowest BCUT2D eigenvalue weighted by Crippen LogP contribution is -2.48. The molecule has 0 aromatic heterocycles. The standard InChI is InChI=1S/C21H37NO8/c1-8-9-10-27-16-12-26-11-15(22-20(25)30-21(5,6)7)19(24)28-14(4)17(16)29-18(23)13(2)3/h13-17H,8-12H2,1-7H3,(H,22,25)/t14-,15-,16+,17-/m0/s1. The van der Waals surface area contributed by atoms with E-state index in [1.807, 2.05) is 6.92 Å². The quantitative estimate of drug-likeness (QED) is 0.372. The summed E-state index contributed by atoms with van der Waals surface area (Å²) in [5.74, 6) is -1.47. The van der Waals surface area contributed by atoms with Crippen LogP contribution in [0.3, 0.4) is 0 Å². The predicted octanol–water partition coefficient (Wildman–Crippen LogP) is 2.59. The van der Waals surface area contributed by atoms with Crippen LogP contribution < -0.4 is 5.32 Å². The molecule has 4 atom stereocenters. The highest BCUT2D eigenvalue weighted by Gasteiger charge is 2.38. The maximum Gasteiger partial charge on any atom is 0.408 e. The van der Waals surface area contributed by atoms with Crippen molar-refractivity contribution in [3.63, 3.8) is 0 Å². The zero-order chi connectivity index (χ0) is 22.9. The van der Waals surface area contributed by atoms with Crippen molar-refractivity contribution < 1.29 is 38.1 Å². The van der Waals surface area contributed by atoms with E-state index in [1.54, 1.807) is 41.5 Å². The van der Waals surface area contributed by atoms with Crippen LogP contribution in [0, 0.1) is 5.92 Å². The number of esters is 2. The molecule has 0 aromatic rings. The Balaban J connectivity index is 2.94. The van der Waals surface area contributed by atoms with Gasteiger partial charge in [0.1, 0.15) is 17.8 Å². The molecule has 30 heavy (non-hydrogen) atoms. The molecule has 1 heterocycles. The number of carbonyl (C=O) groups excluding carboxylic acids is 3. The number of carbonyl (C=O) groups is 3. The van der Waals surface area contributed by atoms with Gasteiger partial charge in [-0.1, -0.05) is 27.2 Å². The van der Waals surface area contributed by atoms with E-state index in [0.29, 0.717) is 6.61 Å². The maximum atomic E-state index is 12.6. The Morgan fingerprint density at radius 2 is 1.90 bits per heavy atom. The van der Waals surface area contributed by atoms with Gasteiger partial charge in [-0.15, -0.1) is 0 Å². The summed E-state index contributed by atoms with van der Waals surface area (Å²) in [5.41, 5.74) is -0.713. The van der Waals surface area contributed by atoms with Gasteiger partial charge in [0.25, 0.3) is 0 Å². The lowest BCUT2D eigenvalue weighted by molar-refractivity contribution is -0.183. The van der Waals surface area contributed by atoms with Crippen molar-refractivity contribution in [2.45, 2.75) is 91.3 Å². The molecule has 1 rings (SSSR count). The van der Waals surface area contributed by atoms with Crippen molar-refractivity contribution in [3.05, 3.63) is 0 Å². The Labute approximate surface area is 179 Å². The van der Waals surface area contributed by atoms with E-state index < -0.39 is 48.0 Å². The number of alkyl carbamates (subject to hydrolysis) is 1. The van der Waals surface area contributed by atoms with Crippen LogP contribution in [0.2, 0.25) is 0 Å². The van der Waals surface area contributed by atoms with E-state index in [0.717, 1.165) is 12.8 Å². The number of ether oxygens (including phenoxy) is 5. The summed E-state index contributed by atoms with van der Waals surface area (Å²) < 4.78 is 27.8. The van der Waals surface area contributed by atoms with Crippen LogP contribution in [0.4, 0.5) is 4.79 Å². The molecular formula is C21H37NO8. The van der Waals surface area contributed by atoms with E-state index in [1.165, 1.54) is 0 Å². The Bertz CT molecular complexity index is 572. The molecular weight excluding hydrogens is 394 g/mol. The predicted molar refractivity (Wildman–Crippen MR) is 109 cm³/mol. The van der Waals surface area contributed by atoms with Crippen molar-refractivity contribution in [1.82, 2.24) is 5.32 Å². The Morgan fingerprint density at radius 1 is 1.23 bits per heavy atom. The number of unbranched alkanes of at least 4 members (excludes halogenated alkanes) is 1. The fourth-order valence-electron chi connectivity index (χ4n) is 2.61. The van der Waals surface area contributed by atoms with Crippen molar-refractivity contribution in [2.75, 3.05) is 19.8 Å². The van der Waals surface area contributed by atoms with Gasteiger partial charge in [-0.25, -0.2) is 9.59 Å². The number of hydrogen-bond donors (Lipinski definition) is 1. The van der Waals surface area contributed by atoms with Gasteiger partial charge in [0.15, 0.2) is 12.1 Å². The molecule has 0 aromatic carbocycles. The summed E-state index contributed by atoms with van der Waals surface area (Å²) in [6.45, 7) is 12.7. The summed E-state index contributed by atoms with van der Waals surface area (Å²) in [7, 11) is 0. The molecule has 1 fully saturated rings. The zero-order valence-electron chi connectivity index (χ0n) is 19.2. The summed E-state index contributed by atoms with van der Waals surface area (Å²) in [6, 6.07) is -1.06. The first-order valence-corrected chi connectivity index (χ1v) is 10.5. The fourth-order valence-corrected chi connectivity index (χ4v) is 2.61. The van der Waals surface area contributed by atoms with Crippen molar-refractivity contribution >= 4 is 18.0 Å². The van der Waals surface area contributed by atoms with E-state index in [-0.39, 0.29) is 19.1 Å². The highest BCUT2D eigenvalue weighted by atomic mass is 16.6. The van der Waals surface area contributed by atoms with Gasteiger partial charge in [-0.05, 0) is 34.1 Å². The van der Waals surface area contributed by atoms with Crippen LogP contribution in [0.1, 0.15) is 61.3 Å². The third-order valence-electron chi connectivity index (χ3n) is 4.23. The van der Waals surface area contributed by atoms with Crippen LogP contribution in [-0.2, 0) is 33.3 Å². The van der Waals surface area contributed by atoms with Crippen LogP contribution in [0.5, 0.6) is 0 Å². The first kappa shape index (κ1) is 26.2. The van der Waals surface area contributed by atoms with Crippen LogP contribution in [0.25, 0.3) is 0 Å². The van der Waals surface area contributed by atoms with Gasteiger partial charge >= 0.3 is 18.0 Å². The second-order valence-electron chi connectivity index (χ2n) is 8.70. The SMILES string of the molecule is CCCCO[C@@H]1COC[C@H](NC(=O)OC(C)(C)C)C(=O)O[C@@H](C)[C@@H]1OC(=O)C(C)C. The molecule has 174 valence electrons. The molecule has 1 N–H and O–H groups in total. The molecule has 9 heteroatoms. The molecule has 9 nitrogen and oxygen atoms in total. The number of amides is 1. The Kier molecular flexibility index (Phi) is 10.6. The van der Waals surface area contributed by atoms with Crippen LogP contribution in [0.15, 0.2) is 0 Å². The molecule has 1 amide bonds. The highest BCUT2D eigenvalue weighted by Crippen LogP contribution is 2.18.